The molecule has 11 heteroatoms. The zero-order chi connectivity index (χ0) is 25.3. The molecule has 1 N–H and O–H groups in total. The third kappa shape index (κ3) is 5.41. The van der Waals surface area contributed by atoms with Crippen molar-refractivity contribution in [1.29, 1.82) is 0 Å². The van der Waals surface area contributed by atoms with Gasteiger partial charge in [-0.2, -0.15) is 17.5 Å². The molecule has 1 atom stereocenters. The average molecular weight is 500 g/mol. The molecule has 1 aliphatic rings. The number of rotatable bonds is 7. The Labute approximate surface area is 195 Å². The van der Waals surface area contributed by atoms with Crippen LogP contribution in [0.4, 0.5) is 13.2 Å². The fourth-order valence-electron chi connectivity index (χ4n) is 4.06. The van der Waals surface area contributed by atoms with E-state index in [1.54, 1.807) is 18.2 Å². The molecule has 7 nitrogen and oxygen atoms in total. The minimum atomic E-state index is -4.83. The minimum Gasteiger partial charge on any atom is -0.482 e. The van der Waals surface area contributed by atoms with E-state index in [0.717, 1.165) is 17.3 Å². The molecule has 0 amide bonds. The Bertz CT molecular complexity index is 1210. The van der Waals surface area contributed by atoms with Crippen LogP contribution < -0.4 is 4.74 Å². The van der Waals surface area contributed by atoms with Crippen LogP contribution in [0, 0.1) is 0 Å². The van der Waals surface area contributed by atoms with Gasteiger partial charge in [-0.25, -0.2) is 13.2 Å². The summed E-state index contributed by atoms with van der Waals surface area (Å²) in [4.78, 5) is 22.1. The van der Waals surface area contributed by atoms with Crippen LogP contribution in [-0.2, 0) is 27.4 Å². The maximum Gasteiger partial charge on any atom is 0.416 e. The zero-order valence-corrected chi connectivity index (χ0v) is 19.4. The van der Waals surface area contributed by atoms with E-state index in [1.807, 2.05) is 0 Å². The van der Waals surface area contributed by atoms with Gasteiger partial charge in [0, 0.05) is 12.6 Å². The van der Waals surface area contributed by atoms with Gasteiger partial charge in [0.1, 0.15) is 5.75 Å². The Morgan fingerprint density at radius 3 is 2.50 bits per heavy atom. The summed E-state index contributed by atoms with van der Waals surface area (Å²) in [5.74, 6) is -1.52. The number of carboxylic acid groups (broad SMARTS) is 1. The van der Waals surface area contributed by atoms with Gasteiger partial charge in [0.2, 0.25) is 10.0 Å². The lowest BCUT2D eigenvalue weighted by Gasteiger charge is -2.29. The molecule has 1 unspecified atom stereocenters. The van der Waals surface area contributed by atoms with Gasteiger partial charge < -0.3 is 9.84 Å². The second kappa shape index (κ2) is 9.75. The van der Waals surface area contributed by atoms with E-state index in [9.17, 15) is 31.2 Å². The number of carboxylic acids is 1. The monoisotopic (exact) mass is 499 g/mol. The van der Waals surface area contributed by atoms with Crippen molar-refractivity contribution in [2.24, 2.45) is 0 Å². The number of Topliss-reactive ketones (excluding diaryl/α,β-unsaturated/α-hetero) is 1. The van der Waals surface area contributed by atoms with Crippen molar-refractivity contribution < 1.29 is 41.0 Å². The lowest BCUT2D eigenvalue weighted by atomic mass is 9.98. The maximum absolute atomic E-state index is 13.4. The van der Waals surface area contributed by atoms with Crippen LogP contribution in [0.1, 0.15) is 59.3 Å². The highest BCUT2D eigenvalue weighted by molar-refractivity contribution is 7.89. The minimum absolute atomic E-state index is 0.329. The molecule has 0 saturated heterocycles. The van der Waals surface area contributed by atoms with E-state index in [-0.39, 0.29) is 5.56 Å². The van der Waals surface area contributed by atoms with Crippen molar-refractivity contribution in [3.05, 3.63) is 58.7 Å². The molecule has 0 bridgehead atoms. The molecule has 34 heavy (non-hydrogen) atoms. The second-order valence-electron chi connectivity index (χ2n) is 8.09. The summed E-state index contributed by atoms with van der Waals surface area (Å²) >= 11 is 0. The van der Waals surface area contributed by atoms with Crippen LogP contribution in [0.3, 0.4) is 0 Å². The van der Waals surface area contributed by atoms with Crippen molar-refractivity contribution in [1.82, 2.24) is 4.31 Å². The molecule has 0 saturated carbocycles. The van der Waals surface area contributed by atoms with Gasteiger partial charge in [0.15, 0.2) is 12.4 Å². The summed E-state index contributed by atoms with van der Waals surface area (Å²) < 4.78 is 73.5. The molecule has 0 heterocycles. The summed E-state index contributed by atoms with van der Waals surface area (Å²) in [5, 5.41) is 8.93. The van der Waals surface area contributed by atoms with Crippen LogP contribution in [0.15, 0.2) is 41.3 Å². The van der Waals surface area contributed by atoms with E-state index in [4.69, 9.17) is 9.84 Å². The first kappa shape index (κ1) is 25.7. The molecule has 2 aromatic rings. The van der Waals surface area contributed by atoms with E-state index in [0.29, 0.717) is 54.7 Å². The number of hydrogen-bond donors (Lipinski definition) is 1. The molecule has 0 radical (unpaired) electrons. The largest absolute Gasteiger partial charge is 0.482 e. The van der Waals surface area contributed by atoms with Crippen LogP contribution in [0.25, 0.3) is 0 Å². The van der Waals surface area contributed by atoms with Crippen molar-refractivity contribution >= 4 is 21.8 Å². The van der Waals surface area contributed by atoms with Gasteiger partial charge in [-0.3, -0.25) is 4.79 Å². The van der Waals surface area contributed by atoms with E-state index in [2.05, 4.69) is 0 Å². The van der Waals surface area contributed by atoms with Crippen LogP contribution >= 0.6 is 0 Å². The summed E-state index contributed by atoms with van der Waals surface area (Å²) in [6, 6.07) is 6.32. The van der Waals surface area contributed by atoms with Crippen molar-refractivity contribution in [2.45, 2.75) is 49.7 Å². The van der Waals surface area contributed by atoms with Gasteiger partial charge >= 0.3 is 12.1 Å². The molecule has 2 aromatic carbocycles. The quantitative estimate of drug-likeness (QED) is 0.446. The molecule has 0 aromatic heterocycles. The average Bonchev–Trinajstić information content (AvgIpc) is 2.99. The number of ketones is 1. The predicted molar refractivity (Wildman–Crippen MR) is 116 cm³/mol. The number of sulfonamides is 1. The number of aliphatic carboxylic acids is 1. The van der Waals surface area contributed by atoms with Crippen LogP contribution in [-0.4, -0.2) is 43.2 Å². The van der Waals surface area contributed by atoms with Crippen molar-refractivity contribution in [2.75, 3.05) is 13.7 Å². The topological polar surface area (TPSA) is 101 Å². The summed E-state index contributed by atoms with van der Waals surface area (Å²) in [6.45, 7) is 0.503. The normalized spacial score (nSPS) is 16.6. The van der Waals surface area contributed by atoms with E-state index < -0.39 is 51.1 Å². The Morgan fingerprint density at radius 1 is 1.18 bits per heavy atom. The SMILES string of the molecule is CC(=O)c1cc(C(F)(F)F)cc(S(=O)(=O)N(C)C2CCCCc3c(OCC(=O)O)cccc32)c1. The second-order valence-corrected chi connectivity index (χ2v) is 10.1. The summed E-state index contributed by atoms with van der Waals surface area (Å²) in [7, 11) is -3.14. The standard InChI is InChI=1S/C23H24F3NO6S/c1-14(28)15-10-16(23(24,25)26)12-17(11-15)34(31,32)27(2)20-8-4-3-6-19-18(20)7-5-9-21(19)33-13-22(29)30/h5,7,9-12,20H,3-4,6,8,13H2,1-2H3,(H,29,30). The molecule has 0 spiro atoms. The number of nitrogens with zero attached hydrogens (tertiary/aromatic N) is 1. The smallest absolute Gasteiger partial charge is 0.416 e. The Hall–Kier alpha value is -2.92. The first-order valence-corrected chi connectivity index (χ1v) is 11.9. The van der Waals surface area contributed by atoms with Gasteiger partial charge in [0.25, 0.3) is 0 Å². The van der Waals surface area contributed by atoms with Gasteiger partial charge in [-0.15, -0.1) is 0 Å². The van der Waals surface area contributed by atoms with E-state index >= 15 is 0 Å². The van der Waals surface area contributed by atoms with Gasteiger partial charge in [-0.1, -0.05) is 18.6 Å². The van der Waals surface area contributed by atoms with Crippen molar-refractivity contribution in [3.63, 3.8) is 0 Å². The molecule has 184 valence electrons. The van der Waals surface area contributed by atoms with E-state index in [1.165, 1.54) is 7.05 Å². The van der Waals surface area contributed by atoms with Gasteiger partial charge in [-0.05, 0) is 61.6 Å². The molecular weight excluding hydrogens is 475 g/mol. The molecule has 1 aliphatic carbocycles. The first-order valence-electron chi connectivity index (χ1n) is 10.5. The Balaban J connectivity index is 2.07. The van der Waals surface area contributed by atoms with Crippen LogP contribution in [0.5, 0.6) is 5.75 Å². The number of ether oxygens (including phenoxy) is 1. The Morgan fingerprint density at radius 2 is 1.88 bits per heavy atom. The van der Waals surface area contributed by atoms with Crippen LogP contribution in [0.2, 0.25) is 0 Å². The highest BCUT2D eigenvalue weighted by atomic mass is 32.2. The number of carbonyl (C=O) groups is 2. The Kier molecular flexibility index (Phi) is 7.37. The molecule has 3 rings (SSSR count). The number of hydrogen-bond acceptors (Lipinski definition) is 5. The predicted octanol–water partition coefficient (Wildman–Crippen LogP) is 4.46. The summed E-state index contributed by atoms with van der Waals surface area (Å²) in [6.07, 6.45) is -2.56. The number of carbonyl (C=O) groups excluding carboxylic acids is 1. The maximum atomic E-state index is 13.4. The lowest BCUT2D eigenvalue weighted by Crippen LogP contribution is -2.32. The highest BCUT2D eigenvalue weighted by Crippen LogP contribution is 2.40. The molecule has 0 aliphatic heterocycles. The third-order valence-corrected chi connectivity index (χ3v) is 7.63. The fraction of sp³-hybridized carbons (Fsp3) is 0.391. The van der Waals surface area contributed by atoms with Gasteiger partial charge in [0.05, 0.1) is 16.5 Å². The highest BCUT2D eigenvalue weighted by Gasteiger charge is 2.36. The lowest BCUT2D eigenvalue weighted by molar-refractivity contribution is -0.139. The summed E-state index contributed by atoms with van der Waals surface area (Å²) in [5.41, 5.74) is -0.308. The number of fused-ring (bicyclic) bond motifs is 1. The molecular formula is C23H24F3NO6S. The molecule has 0 fully saturated rings. The fourth-order valence-corrected chi connectivity index (χ4v) is 5.50. The number of alkyl halides is 3. The third-order valence-electron chi connectivity index (χ3n) is 5.79. The number of benzene rings is 2. The van der Waals surface area contributed by atoms with Crippen molar-refractivity contribution in [3.8, 4) is 5.75 Å². The first-order chi connectivity index (χ1) is 15.8. The number of halogens is 3. The zero-order valence-electron chi connectivity index (χ0n) is 18.6.